The van der Waals surface area contributed by atoms with Crippen LogP contribution < -0.4 is 5.32 Å². The van der Waals surface area contributed by atoms with Crippen LogP contribution in [0.25, 0.3) is 0 Å². The van der Waals surface area contributed by atoms with Gasteiger partial charge in [0.25, 0.3) is 0 Å². The lowest BCUT2D eigenvalue weighted by atomic mass is 10.2. The zero-order chi connectivity index (χ0) is 12.8. The molecule has 106 valence electrons. The molecule has 18 heavy (non-hydrogen) atoms. The van der Waals surface area contributed by atoms with Crippen LogP contribution in [0.5, 0.6) is 0 Å². The monoisotopic (exact) mass is 274 g/mol. The lowest BCUT2D eigenvalue weighted by molar-refractivity contribution is 0.0145. The van der Waals surface area contributed by atoms with E-state index in [0.29, 0.717) is 6.04 Å². The number of aliphatic hydroxyl groups excluding tert-OH is 1. The fourth-order valence-electron chi connectivity index (χ4n) is 2.79. The molecule has 2 aliphatic rings. The normalized spacial score (nSPS) is 31.7. The first-order chi connectivity index (χ1) is 8.78. The number of thioether (sulfide) groups is 1. The largest absolute Gasteiger partial charge is 0.390 e. The van der Waals surface area contributed by atoms with E-state index in [4.69, 9.17) is 4.74 Å². The molecular formula is C13H26N2O2S. The Kier molecular flexibility index (Phi) is 6.24. The molecule has 1 aliphatic carbocycles. The molecule has 0 amide bonds. The van der Waals surface area contributed by atoms with Gasteiger partial charge in [-0.25, -0.2) is 0 Å². The van der Waals surface area contributed by atoms with Crippen LogP contribution in [-0.4, -0.2) is 73.1 Å². The Labute approximate surface area is 114 Å². The zero-order valence-corrected chi connectivity index (χ0v) is 12.1. The first-order valence-electron chi connectivity index (χ1n) is 7.02. The van der Waals surface area contributed by atoms with Gasteiger partial charge >= 0.3 is 0 Å². The van der Waals surface area contributed by atoms with Gasteiger partial charge in [0.2, 0.25) is 0 Å². The molecule has 0 radical (unpaired) electrons. The predicted molar refractivity (Wildman–Crippen MR) is 76.2 cm³/mol. The van der Waals surface area contributed by atoms with Crippen molar-refractivity contribution < 1.29 is 9.84 Å². The minimum absolute atomic E-state index is 0.253. The van der Waals surface area contributed by atoms with Crippen LogP contribution >= 0.6 is 11.8 Å². The highest BCUT2D eigenvalue weighted by Gasteiger charge is 2.24. The molecule has 1 heterocycles. The number of morpholine rings is 1. The Balaban J connectivity index is 1.58. The average molecular weight is 274 g/mol. The van der Waals surface area contributed by atoms with Gasteiger partial charge in [-0.15, -0.1) is 0 Å². The lowest BCUT2D eigenvalue weighted by Crippen LogP contribution is -2.45. The van der Waals surface area contributed by atoms with Gasteiger partial charge in [0.05, 0.1) is 19.3 Å². The minimum Gasteiger partial charge on any atom is -0.390 e. The summed E-state index contributed by atoms with van der Waals surface area (Å²) in [5, 5.41) is 14.4. The minimum atomic E-state index is -0.253. The van der Waals surface area contributed by atoms with Crippen LogP contribution in [0.3, 0.4) is 0 Å². The quantitative estimate of drug-likeness (QED) is 0.741. The Hall–Kier alpha value is 0.190. The molecule has 3 unspecified atom stereocenters. The highest BCUT2D eigenvalue weighted by atomic mass is 32.2. The number of nitrogens with zero attached hydrogens (tertiary/aromatic N) is 1. The molecule has 5 heteroatoms. The summed E-state index contributed by atoms with van der Waals surface area (Å²) in [6.07, 6.45) is 5.77. The van der Waals surface area contributed by atoms with Crippen molar-refractivity contribution in [3.63, 3.8) is 0 Å². The second-order valence-corrected chi connectivity index (χ2v) is 6.48. The van der Waals surface area contributed by atoms with Crippen molar-refractivity contribution in [3.8, 4) is 0 Å². The number of hydrogen-bond acceptors (Lipinski definition) is 5. The van der Waals surface area contributed by atoms with Gasteiger partial charge in [0.1, 0.15) is 0 Å². The van der Waals surface area contributed by atoms with E-state index in [9.17, 15) is 5.11 Å². The number of hydrogen-bond donors (Lipinski definition) is 2. The van der Waals surface area contributed by atoms with Gasteiger partial charge in [-0.1, -0.05) is 0 Å². The van der Waals surface area contributed by atoms with Gasteiger partial charge in [-0.05, 0) is 25.5 Å². The summed E-state index contributed by atoms with van der Waals surface area (Å²) >= 11 is 1.97. The highest BCUT2D eigenvalue weighted by Crippen LogP contribution is 2.27. The van der Waals surface area contributed by atoms with Gasteiger partial charge in [-0.3, -0.25) is 4.90 Å². The van der Waals surface area contributed by atoms with Gasteiger partial charge < -0.3 is 15.2 Å². The number of nitrogens with one attached hydrogen (secondary N) is 1. The van der Waals surface area contributed by atoms with E-state index in [1.165, 1.54) is 19.3 Å². The summed E-state index contributed by atoms with van der Waals surface area (Å²) in [5.41, 5.74) is 0. The van der Waals surface area contributed by atoms with E-state index in [-0.39, 0.29) is 6.10 Å². The molecule has 1 saturated heterocycles. The molecular weight excluding hydrogens is 248 g/mol. The smallest absolute Gasteiger partial charge is 0.0791 e. The molecule has 2 rings (SSSR count). The molecule has 3 atom stereocenters. The molecule has 0 spiro atoms. The summed E-state index contributed by atoms with van der Waals surface area (Å²) in [6.45, 7) is 5.01. The van der Waals surface area contributed by atoms with Crippen molar-refractivity contribution in [2.24, 2.45) is 0 Å². The Morgan fingerprint density at radius 1 is 1.39 bits per heavy atom. The Morgan fingerprint density at radius 3 is 2.83 bits per heavy atom. The third-order valence-electron chi connectivity index (χ3n) is 3.93. The van der Waals surface area contributed by atoms with Crippen molar-refractivity contribution in [1.82, 2.24) is 10.2 Å². The predicted octanol–water partition coefficient (Wildman–Crippen LogP) is 0.553. The van der Waals surface area contributed by atoms with E-state index in [1.807, 2.05) is 11.8 Å². The van der Waals surface area contributed by atoms with Crippen LogP contribution in [-0.2, 0) is 4.74 Å². The van der Waals surface area contributed by atoms with Gasteiger partial charge in [-0.2, -0.15) is 11.8 Å². The summed E-state index contributed by atoms with van der Waals surface area (Å²) < 4.78 is 5.31. The maximum Gasteiger partial charge on any atom is 0.0791 e. The number of β-amino-alcohol motifs (C(OH)–C–C–N with tert-alkyl or cyclic N) is 1. The molecule has 0 aromatic carbocycles. The third kappa shape index (κ3) is 4.70. The van der Waals surface area contributed by atoms with Crippen molar-refractivity contribution in [1.29, 1.82) is 0 Å². The maximum absolute atomic E-state index is 10.0. The van der Waals surface area contributed by atoms with Crippen LogP contribution in [0.1, 0.15) is 19.3 Å². The van der Waals surface area contributed by atoms with Crippen molar-refractivity contribution in [2.75, 3.05) is 45.6 Å². The highest BCUT2D eigenvalue weighted by molar-refractivity contribution is 7.99. The summed E-state index contributed by atoms with van der Waals surface area (Å²) in [6, 6.07) is 0.613. The molecule has 0 bridgehead atoms. The van der Waals surface area contributed by atoms with E-state index >= 15 is 0 Å². The van der Waals surface area contributed by atoms with Crippen LogP contribution in [0, 0.1) is 0 Å². The Morgan fingerprint density at radius 2 is 2.17 bits per heavy atom. The summed E-state index contributed by atoms with van der Waals surface area (Å²) in [7, 11) is 0. The topological polar surface area (TPSA) is 44.7 Å². The Bertz CT molecular complexity index is 237. The number of aliphatic hydroxyl groups is 1. The van der Waals surface area contributed by atoms with Gasteiger partial charge in [0, 0.05) is 37.5 Å². The molecule has 2 fully saturated rings. The second-order valence-electron chi connectivity index (χ2n) is 5.34. The number of rotatable bonds is 6. The SMILES string of the molecule is CSC1CCC(NCC(O)CN2CCOCC2)C1. The maximum atomic E-state index is 10.0. The molecule has 1 saturated carbocycles. The van der Waals surface area contributed by atoms with Crippen LogP contribution in [0.15, 0.2) is 0 Å². The first-order valence-corrected chi connectivity index (χ1v) is 8.31. The van der Waals surface area contributed by atoms with E-state index < -0.39 is 0 Å². The molecule has 1 aliphatic heterocycles. The fourth-order valence-corrected chi connectivity index (χ4v) is 3.59. The zero-order valence-electron chi connectivity index (χ0n) is 11.3. The van der Waals surface area contributed by atoms with Crippen molar-refractivity contribution in [3.05, 3.63) is 0 Å². The molecule has 4 nitrogen and oxygen atoms in total. The molecule has 0 aromatic heterocycles. The lowest BCUT2D eigenvalue weighted by Gasteiger charge is -2.29. The van der Waals surface area contributed by atoms with Crippen LogP contribution in [0.2, 0.25) is 0 Å². The van der Waals surface area contributed by atoms with Crippen LogP contribution in [0.4, 0.5) is 0 Å². The number of ether oxygens (including phenoxy) is 1. The molecule has 0 aromatic rings. The van der Waals surface area contributed by atoms with E-state index in [2.05, 4.69) is 16.5 Å². The fraction of sp³-hybridized carbons (Fsp3) is 1.00. The first kappa shape index (κ1) is 14.6. The third-order valence-corrected chi connectivity index (χ3v) is 5.03. The second kappa shape index (κ2) is 7.70. The summed E-state index contributed by atoms with van der Waals surface area (Å²) in [5.74, 6) is 0. The van der Waals surface area contributed by atoms with Crippen molar-refractivity contribution in [2.45, 2.75) is 36.7 Å². The molecule has 2 N–H and O–H groups in total. The van der Waals surface area contributed by atoms with Gasteiger partial charge in [0.15, 0.2) is 0 Å². The van der Waals surface area contributed by atoms with E-state index in [1.54, 1.807) is 0 Å². The standard InChI is InChI=1S/C13H26N2O2S/c1-18-13-3-2-11(8-13)14-9-12(16)10-15-4-6-17-7-5-15/h11-14,16H,2-10H2,1H3. The van der Waals surface area contributed by atoms with Crippen molar-refractivity contribution >= 4 is 11.8 Å². The average Bonchev–Trinajstić information content (AvgIpc) is 2.85. The van der Waals surface area contributed by atoms with E-state index in [0.717, 1.165) is 44.6 Å². The summed E-state index contributed by atoms with van der Waals surface area (Å²) in [4.78, 5) is 2.29.